The molecular weight excluding hydrogens is 343 g/mol. The van der Waals surface area contributed by atoms with Gasteiger partial charge in [-0.15, -0.1) is 0 Å². The standard InChI is InChI=1S/C18H13FN2O5/c1-9-12-7-11(19)3-5-13(12)26-16(9)18(23)21-20-17(22)10-2-4-14-15(6-10)25-8-24-14/h2-7H,8H2,1H3,(H,20,22)(H,21,23). The summed E-state index contributed by atoms with van der Waals surface area (Å²) >= 11 is 0. The average Bonchev–Trinajstić information content (AvgIpc) is 3.23. The number of halogens is 1. The van der Waals surface area contributed by atoms with E-state index in [-0.39, 0.29) is 18.1 Å². The van der Waals surface area contributed by atoms with Crippen molar-refractivity contribution in [3.05, 3.63) is 59.1 Å². The van der Waals surface area contributed by atoms with Gasteiger partial charge in [0.05, 0.1) is 0 Å². The zero-order chi connectivity index (χ0) is 18.3. The van der Waals surface area contributed by atoms with E-state index in [2.05, 4.69) is 10.9 Å². The number of nitrogens with one attached hydrogen (secondary N) is 2. The highest BCUT2D eigenvalue weighted by atomic mass is 19.1. The number of hydrogen-bond acceptors (Lipinski definition) is 5. The van der Waals surface area contributed by atoms with Crippen LogP contribution in [0.5, 0.6) is 11.5 Å². The maximum Gasteiger partial charge on any atom is 0.305 e. The van der Waals surface area contributed by atoms with Gasteiger partial charge in [0.2, 0.25) is 6.79 Å². The van der Waals surface area contributed by atoms with Gasteiger partial charge in [-0.2, -0.15) is 0 Å². The summed E-state index contributed by atoms with van der Waals surface area (Å²) in [4.78, 5) is 24.5. The molecule has 0 unspecified atom stereocenters. The SMILES string of the molecule is Cc1c(C(=O)NNC(=O)c2ccc3c(c2)OCO3)oc2ccc(F)cc12. The minimum absolute atomic E-state index is 0.00316. The van der Waals surface area contributed by atoms with Crippen molar-refractivity contribution in [3.8, 4) is 11.5 Å². The highest BCUT2D eigenvalue weighted by Gasteiger charge is 2.20. The van der Waals surface area contributed by atoms with Crippen LogP contribution in [0.2, 0.25) is 0 Å². The third-order valence-corrected chi connectivity index (χ3v) is 4.03. The third-order valence-electron chi connectivity index (χ3n) is 4.03. The number of benzene rings is 2. The minimum Gasteiger partial charge on any atom is -0.454 e. The van der Waals surface area contributed by atoms with Crippen molar-refractivity contribution in [2.24, 2.45) is 0 Å². The summed E-state index contributed by atoms with van der Waals surface area (Å²) in [5.74, 6) is -0.597. The second kappa shape index (κ2) is 6.07. The first-order valence-electron chi connectivity index (χ1n) is 7.72. The molecule has 4 rings (SSSR count). The number of aryl methyl sites for hydroxylation is 1. The minimum atomic E-state index is -0.645. The summed E-state index contributed by atoms with van der Waals surface area (Å²) < 4.78 is 29.2. The lowest BCUT2D eigenvalue weighted by atomic mass is 10.1. The fourth-order valence-corrected chi connectivity index (χ4v) is 2.69. The van der Waals surface area contributed by atoms with Crippen LogP contribution in [0, 0.1) is 12.7 Å². The summed E-state index contributed by atoms with van der Waals surface area (Å²) in [5, 5.41) is 0.497. The first kappa shape index (κ1) is 15.9. The Bertz CT molecular complexity index is 1040. The normalized spacial score (nSPS) is 12.2. The van der Waals surface area contributed by atoms with Gasteiger partial charge in [-0.05, 0) is 43.3 Å². The van der Waals surface area contributed by atoms with E-state index < -0.39 is 17.6 Å². The number of carbonyl (C=O) groups is 2. The van der Waals surface area contributed by atoms with Crippen LogP contribution in [0.4, 0.5) is 4.39 Å². The van der Waals surface area contributed by atoms with Crippen molar-refractivity contribution in [3.63, 3.8) is 0 Å². The monoisotopic (exact) mass is 356 g/mol. The molecule has 0 fully saturated rings. The molecule has 1 aliphatic heterocycles. The molecule has 0 saturated heterocycles. The van der Waals surface area contributed by atoms with Gasteiger partial charge < -0.3 is 13.9 Å². The number of hydrogen-bond donors (Lipinski definition) is 2. The molecule has 0 bridgehead atoms. The number of rotatable bonds is 2. The van der Waals surface area contributed by atoms with Crippen molar-refractivity contribution in [2.75, 3.05) is 6.79 Å². The van der Waals surface area contributed by atoms with Crippen molar-refractivity contribution in [1.82, 2.24) is 10.9 Å². The Labute approximate surface area is 146 Å². The molecule has 1 aromatic heterocycles. The van der Waals surface area contributed by atoms with Crippen LogP contribution in [0.3, 0.4) is 0 Å². The smallest absolute Gasteiger partial charge is 0.305 e. The van der Waals surface area contributed by atoms with E-state index in [1.165, 1.54) is 24.3 Å². The molecule has 0 atom stereocenters. The van der Waals surface area contributed by atoms with E-state index in [0.717, 1.165) is 0 Å². The Kier molecular flexibility index (Phi) is 3.72. The van der Waals surface area contributed by atoms with Crippen molar-refractivity contribution in [1.29, 1.82) is 0 Å². The molecule has 2 amide bonds. The predicted octanol–water partition coefficient (Wildman–Crippen LogP) is 2.68. The van der Waals surface area contributed by atoms with Crippen LogP contribution in [-0.4, -0.2) is 18.6 Å². The molecule has 2 heterocycles. The Morgan fingerprint density at radius 2 is 1.77 bits per heavy atom. The molecule has 0 radical (unpaired) electrons. The topological polar surface area (TPSA) is 89.8 Å². The van der Waals surface area contributed by atoms with Gasteiger partial charge >= 0.3 is 5.91 Å². The lowest BCUT2D eigenvalue weighted by molar-refractivity contribution is 0.0831. The molecule has 0 saturated carbocycles. The number of furan rings is 1. The number of fused-ring (bicyclic) bond motifs is 2. The summed E-state index contributed by atoms with van der Waals surface area (Å²) in [6.07, 6.45) is 0. The molecule has 1 aliphatic rings. The molecule has 2 aromatic carbocycles. The Balaban J connectivity index is 1.48. The zero-order valence-electron chi connectivity index (χ0n) is 13.6. The number of carbonyl (C=O) groups excluding carboxylic acids is 2. The largest absolute Gasteiger partial charge is 0.454 e. The summed E-state index contributed by atoms with van der Waals surface area (Å²) in [6.45, 7) is 1.74. The number of hydrazine groups is 1. The molecule has 0 aliphatic carbocycles. The molecular formula is C18H13FN2O5. The predicted molar refractivity (Wildman–Crippen MR) is 88.4 cm³/mol. The molecule has 7 nitrogen and oxygen atoms in total. The van der Waals surface area contributed by atoms with Crippen LogP contribution in [0.1, 0.15) is 26.5 Å². The van der Waals surface area contributed by atoms with Crippen LogP contribution in [-0.2, 0) is 0 Å². The lowest BCUT2D eigenvalue weighted by Gasteiger charge is -2.07. The highest BCUT2D eigenvalue weighted by molar-refractivity contribution is 6.01. The molecule has 0 spiro atoms. The van der Waals surface area contributed by atoms with E-state index in [0.29, 0.717) is 28.0 Å². The number of amides is 2. The Morgan fingerprint density at radius 1 is 1.00 bits per heavy atom. The fraction of sp³-hybridized carbons (Fsp3) is 0.111. The van der Waals surface area contributed by atoms with Crippen LogP contribution in [0.25, 0.3) is 11.0 Å². The van der Waals surface area contributed by atoms with Gasteiger partial charge in [0.1, 0.15) is 11.4 Å². The third kappa shape index (κ3) is 2.71. The van der Waals surface area contributed by atoms with E-state index in [4.69, 9.17) is 13.9 Å². The second-order valence-electron chi connectivity index (χ2n) is 5.67. The molecule has 132 valence electrons. The quantitative estimate of drug-likeness (QED) is 0.689. The zero-order valence-corrected chi connectivity index (χ0v) is 13.6. The van der Waals surface area contributed by atoms with Crippen LogP contribution in [0.15, 0.2) is 40.8 Å². The Hall–Kier alpha value is -3.55. The first-order valence-corrected chi connectivity index (χ1v) is 7.72. The maximum absolute atomic E-state index is 13.3. The summed E-state index contributed by atoms with van der Waals surface area (Å²) in [7, 11) is 0. The number of ether oxygens (including phenoxy) is 2. The summed E-state index contributed by atoms with van der Waals surface area (Å²) in [5.41, 5.74) is 5.74. The van der Waals surface area contributed by atoms with Gasteiger partial charge in [0.25, 0.3) is 5.91 Å². The van der Waals surface area contributed by atoms with Gasteiger partial charge in [-0.25, -0.2) is 4.39 Å². The Morgan fingerprint density at radius 3 is 2.62 bits per heavy atom. The van der Waals surface area contributed by atoms with Gasteiger partial charge in [-0.3, -0.25) is 20.4 Å². The van der Waals surface area contributed by atoms with Gasteiger partial charge in [0, 0.05) is 16.5 Å². The van der Waals surface area contributed by atoms with Gasteiger partial charge in [0.15, 0.2) is 17.3 Å². The van der Waals surface area contributed by atoms with Crippen molar-refractivity contribution < 1.29 is 27.9 Å². The highest BCUT2D eigenvalue weighted by Crippen LogP contribution is 2.32. The fourth-order valence-electron chi connectivity index (χ4n) is 2.69. The maximum atomic E-state index is 13.3. The van der Waals surface area contributed by atoms with E-state index in [9.17, 15) is 14.0 Å². The van der Waals surface area contributed by atoms with E-state index >= 15 is 0 Å². The molecule has 8 heteroatoms. The van der Waals surface area contributed by atoms with Crippen LogP contribution >= 0.6 is 0 Å². The first-order chi connectivity index (χ1) is 12.5. The van der Waals surface area contributed by atoms with Crippen molar-refractivity contribution in [2.45, 2.75) is 6.92 Å². The summed E-state index contributed by atoms with van der Waals surface area (Å²) in [6, 6.07) is 8.64. The van der Waals surface area contributed by atoms with Crippen molar-refractivity contribution >= 4 is 22.8 Å². The molecule has 26 heavy (non-hydrogen) atoms. The molecule has 3 aromatic rings. The second-order valence-corrected chi connectivity index (χ2v) is 5.67. The lowest BCUT2D eigenvalue weighted by Crippen LogP contribution is -2.41. The van der Waals surface area contributed by atoms with Crippen LogP contribution < -0.4 is 20.3 Å². The molecule has 2 N–H and O–H groups in total. The van der Waals surface area contributed by atoms with E-state index in [1.54, 1.807) is 19.1 Å². The van der Waals surface area contributed by atoms with E-state index in [1.807, 2.05) is 0 Å². The average molecular weight is 356 g/mol. The van der Waals surface area contributed by atoms with Gasteiger partial charge in [-0.1, -0.05) is 0 Å².